The standard InChI is InChI=1S/C16H22F3N3O/c1-12-5-9-22(10-6-12)8-2-7-20-15(23)13-3-4-14(21-11-13)16(17,18)19/h3-4,11-12H,2,5-10H2,1H3,(H,20,23). The van der Waals surface area contributed by atoms with Crippen LogP contribution in [0.5, 0.6) is 0 Å². The molecule has 0 atom stereocenters. The largest absolute Gasteiger partial charge is 0.433 e. The Balaban J connectivity index is 1.70. The minimum atomic E-state index is -4.49. The van der Waals surface area contributed by atoms with Crippen LogP contribution < -0.4 is 5.32 Å². The molecule has 4 nitrogen and oxygen atoms in total. The molecule has 1 N–H and O–H groups in total. The molecule has 2 heterocycles. The van der Waals surface area contributed by atoms with Gasteiger partial charge in [0.25, 0.3) is 5.91 Å². The van der Waals surface area contributed by atoms with Gasteiger partial charge < -0.3 is 10.2 Å². The third-order valence-electron chi connectivity index (χ3n) is 4.13. The van der Waals surface area contributed by atoms with Crippen molar-refractivity contribution in [2.24, 2.45) is 5.92 Å². The average Bonchev–Trinajstić information content (AvgIpc) is 2.52. The van der Waals surface area contributed by atoms with Crippen molar-refractivity contribution in [3.05, 3.63) is 29.6 Å². The minimum absolute atomic E-state index is 0.143. The van der Waals surface area contributed by atoms with Gasteiger partial charge in [-0.25, -0.2) is 0 Å². The maximum absolute atomic E-state index is 12.4. The highest BCUT2D eigenvalue weighted by molar-refractivity contribution is 5.93. The van der Waals surface area contributed by atoms with E-state index in [1.807, 2.05) is 0 Å². The summed E-state index contributed by atoms with van der Waals surface area (Å²) in [6.45, 7) is 5.88. The summed E-state index contributed by atoms with van der Waals surface area (Å²) in [6, 6.07) is 1.97. The van der Waals surface area contributed by atoms with Crippen LogP contribution in [-0.2, 0) is 6.18 Å². The molecule has 0 aliphatic carbocycles. The van der Waals surface area contributed by atoms with Gasteiger partial charge in [0.1, 0.15) is 5.69 Å². The highest BCUT2D eigenvalue weighted by atomic mass is 19.4. The summed E-state index contributed by atoms with van der Waals surface area (Å²) in [6.07, 6.45) is -0.271. The summed E-state index contributed by atoms with van der Waals surface area (Å²) in [5.41, 5.74) is -0.849. The summed E-state index contributed by atoms with van der Waals surface area (Å²) in [5.74, 6) is 0.400. The van der Waals surface area contributed by atoms with Crippen molar-refractivity contribution in [2.75, 3.05) is 26.2 Å². The number of piperidine rings is 1. The number of nitrogens with one attached hydrogen (secondary N) is 1. The van der Waals surface area contributed by atoms with Crippen LogP contribution in [0, 0.1) is 5.92 Å². The van der Waals surface area contributed by atoms with Crippen LogP contribution in [0.25, 0.3) is 0 Å². The molecule has 0 bridgehead atoms. The lowest BCUT2D eigenvalue weighted by Gasteiger charge is -2.30. The first kappa shape index (κ1) is 17.7. The predicted molar refractivity (Wildman–Crippen MR) is 81.0 cm³/mol. The Hall–Kier alpha value is -1.63. The molecule has 0 aromatic carbocycles. The second-order valence-electron chi connectivity index (χ2n) is 6.06. The number of hydrogen-bond acceptors (Lipinski definition) is 3. The maximum atomic E-state index is 12.4. The van der Waals surface area contributed by atoms with Crippen molar-refractivity contribution in [1.29, 1.82) is 0 Å². The zero-order valence-electron chi connectivity index (χ0n) is 13.2. The van der Waals surface area contributed by atoms with Crippen molar-refractivity contribution in [3.8, 4) is 0 Å². The van der Waals surface area contributed by atoms with E-state index in [0.717, 1.165) is 50.3 Å². The Bertz CT molecular complexity index is 508. The monoisotopic (exact) mass is 329 g/mol. The molecule has 0 radical (unpaired) electrons. The number of aromatic nitrogens is 1. The molecule has 1 fully saturated rings. The lowest BCUT2D eigenvalue weighted by Crippen LogP contribution is -2.35. The van der Waals surface area contributed by atoms with Crippen LogP contribution in [0.1, 0.15) is 42.2 Å². The van der Waals surface area contributed by atoms with Crippen LogP contribution in [0.15, 0.2) is 18.3 Å². The SMILES string of the molecule is CC1CCN(CCCNC(=O)c2ccc(C(F)(F)F)nc2)CC1. The number of amides is 1. The first-order chi connectivity index (χ1) is 10.9. The lowest BCUT2D eigenvalue weighted by atomic mass is 9.99. The summed E-state index contributed by atoms with van der Waals surface area (Å²) >= 11 is 0. The van der Waals surface area contributed by atoms with E-state index in [-0.39, 0.29) is 5.56 Å². The molecule has 1 aromatic rings. The summed E-state index contributed by atoms with van der Waals surface area (Å²) < 4.78 is 37.2. The fraction of sp³-hybridized carbons (Fsp3) is 0.625. The van der Waals surface area contributed by atoms with Crippen LogP contribution in [-0.4, -0.2) is 42.0 Å². The Morgan fingerprint density at radius 1 is 1.35 bits per heavy atom. The zero-order valence-corrected chi connectivity index (χ0v) is 13.2. The number of pyridine rings is 1. The number of nitrogens with zero attached hydrogens (tertiary/aromatic N) is 2. The summed E-state index contributed by atoms with van der Waals surface area (Å²) in [7, 11) is 0. The van der Waals surface area contributed by atoms with Gasteiger partial charge in [0, 0.05) is 12.7 Å². The van der Waals surface area contributed by atoms with Gasteiger partial charge in [-0.1, -0.05) is 6.92 Å². The van der Waals surface area contributed by atoms with E-state index in [9.17, 15) is 18.0 Å². The molecule has 128 valence electrons. The van der Waals surface area contributed by atoms with Crippen LogP contribution in [0.3, 0.4) is 0 Å². The van der Waals surface area contributed by atoms with Crippen LogP contribution in [0.4, 0.5) is 13.2 Å². The molecular formula is C16H22F3N3O. The molecule has 2 rings (SSSR count). The normalized spacial score (nSPS) is 17.2. The van der Waals surface area contributed by atoms with E-state index in [0.29, 0.717) is 6.54 Å². The first-order valence-electron chi connectivity index (χ1n) is 7.90. The quantitative estimate of drug-likeness (QED) is 0.845. The number of halogens is 3. The zero-order chi connectivity index (χ0) is 16.9. The maximum Gasteiger partial charge on any atom is 0.433 e. The topological polar surface area (TPSA) is 45.2 Å². The fourth-order valence-electron chi connectivity index (χ4n) is 2.59. The van der Waals surface area contributed by atoms with Gasteiger partial charge in [-0.15, -0.1) is 0 Å². The number of rotatable bonds is 5. The van der Waals surface area contributed by atoms with Crippen LogP contribution in [0.2, 0.25) is 0 Å². The molecule has 0 spiro atoms. The summed E-state index contributed by atoms with van der Waals surface area (Å²) in [4.78, 5) is 17.5. The van der Waals surface area contributed by atoms with Gasteiger partial charge in [-0.2, -0.15) is 13.2 Å². The van der Waals surface area contributed by atoms with Gasteiger partial charge in [-0.05, 0) is 56.9 Å². The van der Waals surface area contributed by atoms with E-state index in [1.54, 1.807) is 0 Å². The highest BCUT2D eigenvalue weighted by Gasteiger charge is 2.32. The van der Waals surface area contributed by atoms with Crippen molar-refractivity contribution in [1.82, 2.24) is 15.2 Å². The second kappa shape index (κ2) is 7.77. The van der Waals surface area contributed by atoms with Crippen molar-refractivity contribution in [2.45, 2.75) is 32.4 Å². The number of likely N-dealkylation sites (tertiary alicyclic amines) is 1. The van der Waals surface area contributed by atoms with E-state index < -0.39 is 17.8 Å². The van der Waals surface area contributed by atoms with Gasteiger partial charge in [-0.3, -0.25) is 9.78 Å². The van der Waals surface area contributed by atoms with Gasteiger partial charge in [0.05, 0.1) is 5.56 Å². The van der Waals surface area contributed by atoms with E-state index in [2.05, 4.69) is 22.1 Å². The third kappa shape index (κ3) is 5.49. The number of alkyl halides is 3. The third-order valence-corrected chi connectivity index (χ3v) is 4.13. The van der Waals surface area contributed by atoms with E-state index >= 15 is 0 Å². The van der Waals surface area contributed by atoms with Crippen molar-refractivity contribution in [3.63, 3.8) is 0 Å². The molecule has 1 saturated heterocycles. The van der Waals surface area contributed by atoms with E-state index in [1.165, 1.54) is 12.8 Å². The van der Waals surface area contributed by atoms with Crippen molar-refractivity contribution >= 4 is 5.91 Å². The fourth-order valence-corrected chi connectivity index (χ4v) is 2.59. The van der Waals surface area contributed by atoms with Gasteiger partial charge in [0.15, 0.2) is 0 Å². The smallest absolute Gasteiger partial charge is 0.352 e. The number of carbonyl (C=O) groups excluding carboxylic acids is 1. The predicted octanol–water partition coefficient (Wildman–Crippen LogP) is 2.95. The highest BCUT2D eigenvalue weighted by Crippen LogP contribution is 2.27. The first-order valence-corrected chi connectivity index (χ1v) is 7.90. The minimum Gasteiger partial charge on any atom is -0.352 e. The van der Waals surface area contributed by atoms with Gasteiger partial charge in [0.2, 0.25) is 0 Å². The molecule has 7 heteroatoms. The number of carbonyl (C=O) groups is 1. The Morgan fingerprint density at radius 2 is 2.04 bits per heavy atom. The number of hydrogen-bond donors (Lipinski definition) is 1. The Morgan fingerprint density at radius 3 is 2.61 bits per heavy atom. The molecule has 1 aliphatic heterocycles. The Labute approximate surface area is 134 Å². The molecule has 0 unspecified atom stereocenters. The average molecular weight is 329 g/mol. The van der Waals surface area contributed by atoms with Gasteiger partial charge >= 0.3 is 6.18 Å². The molecule has 0 saturated carbocycles. The van der Waals surface area contributed by atoms with E-state index in [4.69, 9.17) is 0 Å². The lowest BCUT2D eigenvalue weighted by molar-refractivity contribution is -0.141. The molecule has 1 aromatic heterocycles. The summed E-state index contributed by atoms with van der Waals surface area (Å²) in [5, 5.41) is 2.72. The van der Waals surface area contributed by atoms with Crippen molar-refractivity contribution < 1.29 is 18.0 Å². The van der Waals surface area contributed by atoms with Crippen LogP contribution >= 0.6 is 0 Å². The second-order valence-corrected chi connectivity index (χ2v) is 6.06. The molecule has 1 amide bonds. The molecular weight excluding hydrogens is 307 g/mol. The molecule has 23 heavy (non-hydrogen) atoms. The molecule has 1 aliphatic rings. The Kier molecular flexibility index (Phi) is 5.98.